The number of nitrogens with zero attached hydrogens (tertiary/aromatic N) is 1. The van der Waals surface area contributed by atoms with Crippen LogP contribution in [0.4, 0.5) is 0 Å². The van der Waals surface area contributed by atoms with Crippen LogP contribution in [0.1, 0.15) is 28.4 Å². The first kappa shape index (κ1) is 14.0. The number of carbonyl (C=O) groups excluding carboxylic acids is 1. The predicted octanol–water partition coefficient (Wildman–Crippen LogP) is 1.71. The highest BCUT2D eigenvalue weighted by molar-refractivity contribution is 7.80. The Morgan fingerprint density at radius 1 is 1.47 bits per heavy atom. The van der Waals surface area contributed by atoms with Crippen molar-refractivity contribution in [1.82, 2.24) is 4.90 Å². The molecule has 0 saturated heterocycles. The van der Waals surface area contributed by atoms with Crippen molar-refractivity contribution >= 4 is 23.1 Å². The molecule has 0 bridgehead atoms. The van der Waals surface area contributed by atoms with E-state index in [-0.39, 0.29) is 11.8 Å². The second kappa shape index (κ2) is 5.67. The van der Waals surface area contributed by atoms with E-state index in [1.54, 1.807) is 11.9 Å². The number of fused-ring (bicyclic) bond motifs is 1. The smallest absolute Gasteiger partial charge is 0.253 e. The minimum absolute atomic E-state index is 0.0155. The van der Waals surface area contributed by atoms with Gasteiger partial charge < -0.3 is 15.4 Å². The summed E-state index contributed by atoms with van der Waals surface area (Å²) in [6.07, 6.45) is 0. The molecular weight excluding hydrogens is 260 g/mol. The van der Waals surface area contributed by atoms with E-state index in [2.05, 4.69) is 0 Å². The fourth-order valence-corrected chi connectivity index (χ4v) is 2.18. The molecule has 0 saturated carbocycles. The maximum Gasteiger partial charge on any atom is 0.253 e. The molecule has 1 aliphatic heterocycles. The predicted molar refractivity (Wildman–Crippen MR) is 77.8 cm³/mol. The highest BCUT2D eigenvalue weighted by atomic mass is 32.1. The van der Waals surface area contributed by atoms with Gasteiger partial charge in [0, 0.05) is 25.1 Å². The molecule has 5 heteroatoms. The van der Waals surface area contributed by atoms with Gasteiger partial charge in [-0.15, -0.1) is 0 Å². The van der Waals surface area contributed by atoms with Crippen molar-refractivity contribution in [2.24, 2.45) is 11.7 Å². The maximum atomic E-state index is 12.3. The van der Waals surface area contributed by atoms with Crippen molar-refractivity contribution in [3.63, 3.8) is 0 Å². The molecule has 0 spiro atoms. The Morgan fingerprint density at radius 2 is 2.16 bits per heavy atom. The van der Waals surface area contributed by atoms with Gasteiger partial charge in [0.15, 0.2) is 0 Å². The Balaban J connectivity index is 2.09. The van der Waals surface area contributed by atoms with Crippen LogP contribution in [0, 0.1) is 5.92 Å². The molecule has 1 amide bonds. The molecule has 1 atom stereocenters. The van der Waals surface area contributed by atoms with Gasteiger partial charge in [-0.05, 0) is 23.3 Å². The lowest BCUT2D eigenvalue weighted by atomic mass is 10.1. The molecule has 19 heavy (non-hydrogen) atoms. The summed E-state index contributed by atoms with van der Waals surface area (Å²) in [7, 11) is 1.76. The van der Waals surface area contributed by atoms with Crippen molar-refractivity contribution in [1.29, 1.82) is 0 Å². The summed E-state index contributed by atoms with van der Waals surface area (Å²) < 4.78 is 5.35. The molecule has 1 aliphatic rings. The summed E-state index contributed by atoms with van der Waals surface area (Å²) in [4.78, 5) is 14.4. The molecule has 1 unspecified atom stereocenters. The van der Waals surface area contributed by atoms with Crippen molar-refractivity contribution in [2.75, 3.05) is 13.6 Å². The topological polar surface area (TPSA) is 55.6 Å². The lowest BCUT2D eigenvalue weighted by Crippen LogP contribution is -2.35. The highest BCUT2D eigenvalue weighted by Crippen LogP contribution is 2.21. The Hall–Kier alpha value is -1.46. The van der Waals surface area contributed by atoms with Crippen molar-refractivity contribution in [2.45, 2.75) is 20.1 Å². The fraction of sp³-hybridized carbons (Fsp3) is 0.429. The van der Waals surface area contributed by atoms with Crippen LogP contribution in [0.5, 0.6) is 0 Å². The van der Waals surface area contributed by atoms with Crippen LogP contribution in [0.2, 0.25) is 0 Å². The van der Waals surface area contributed by atoms with Gasteiger partial charge >= 0.3 is 0 Å². The first-order valence-electron chi connectivity index (χ1n) is 6.23. The molecule has 0 fully saturated rings. The summed E-state index contributed by atoms with van der Waals surface area (Å²) in [6, 6.07) is 5.71. The molecule has 1 heterocycles. The van der Waals surface area contributed by atoms with E-state index in [9.17, 15) is 4.79 Å². The van der Waals surface area contributed by atoms with Crippen molar-refractivity contribution in [3.05, 3.63) is 34.9 Å². The molecule has 1 aromatic rings. The lowest BCUT2D eigenvalue weighted by molar-refractivity contribution is 0.0787. The van der Waals surface area contributed by atoms with E-state index in [0.29, 0.717) is 30.3 Å². The molecule has 0 radical (unpaired) electrons. The van der Waals surface area contributed by atoms with E-state index in [1.165, 1.54) is 0 Å². The minimum atomic E-state index is -0.0159. The van der Waals surface area contributed by atoms with Crippen molar-refractivity contribution < 1.29 is 9.53 Å². The van der Waals surface area contributed by atoms with Gasteiger partial charge in [0.25, 0.3) is 5.91 Å². The van der Waals surface area contributed by atoms with E-state index in [1.807, 2.05) is 25.1 Å². The maximum absolute atomic E-state index is 12.3. The minimum Gasteiger partial charge on any atom is -0.393 e. The zero-order valence-corrected chi connectivity index (χ0v) is 12.0. The molecule has 4 nitrogen and oxygen atoms in total. The third-order valence-corrected chi connectivity index (χ3v) is 3.75. The van der Waals surface area contributed by atoms with Gasteiger partial charge in [0.05, 0.1) is 18.2 Å². The Morgan fingerprint density at radius 3 is 2.84 bits per heavy atom. The number of rotatable bonds is 4. The van der Waals surface area contributed by atoms with Gasteiger partial charge in [-0.1, -0.05) is 25.2 Å². The number of hydrogen-bond donors (Lipinski definition) is 1. The summed E-state index contributed by atoms with van der Waals surface area (Å²) in [5.74, 6) is -0.000453. The van der Waals surface area contributed by atoms with Crippen LogP contribution >= 0.6 is 12.2 Å². The van der Waals surface area contributed by atoms with Crippen LogP contribution in [-0.4, -0.2) is 29.4 Å². The van der Waals surface area contributed by atoms with Crippen LogP contribution in [0.3, 0.4) is 0 Å². The molecule has 102 valence electrons. The second-order valence-corrected chi connectivity index (χ2v) is 5.44. The average Bonchev–Trinajstić information content (AvgIpc) is 2.84. The van der Waals surface area contributed by atoms with E-state index in [4.69, 9.17) is 22.7 Å². The zero-order chi connectivity index (χ0) is 14.0. The number of amides is 1. The fourth-order valence-electron chi connectivity index (χ4n) is 2.11. The number of thiocarbonyl (C=S) groups is 1. The third kappa shape index (κ3) is 3.11. The van der Waals surface area contributed by atoms with Crippen LogP contribution < -0.4 is 5.73 Å². The van der Waals surface area contributed by atoms with Crippen LogP contribution in [-0.2, 0) is 18.0 Å². The van der Waals surface area contributed by atoms with Gasteiger partial charge in [-0.3, -0.25) is 4.79 Å². The van der Waals surface area contributed by atoms with Crippen molar-refractivity contribution in [3.8, 4) is 0 Å². The molecule has 0 aromatic heterocycles. The molecular formula is C14H18N2O2S. The summed E-state index contributed by atoms with van der Waals surface area (Å²) in [5.41, 5.74) is 8.52. The number of ether oxygens (including phenoxy) is 1. The summed E-state index contributed by atoms with van der Waals surface area (Å²) >= 11 is 4.93. The van der Waals surface area contributed by atoms with E-state index >= 15 is 0 Å². The molecule has 0 aliphatic carbocycles. The largest absolute Gasteiger partial charge is 0.393 e. The first-order valence-corrected chi connectivity index (χ1v) is 6.64. The summed E-state index contributed by atoms with van der Waals surface area (Å²) in [5, 5.41) is 0. The lowest BCUT2D eigenvalue weighted by Gasteiger charge is -2.21. The van der Waals surface area contributed by atoms with Gasteiger partial charge in [-0.25, -0.2) is 0 Å². The standard InChI is InChI=1S/C14H18N2O2S/c1-9(13(15)19)6-16(2)14(17)10-3-4-11-7-18-8-12(11)5-10/h3-5,9H,6-8H2,1-2H3,(H2,15,19). The average molecular weight is 278 g/mol. The quantitative estimate of drug-likeness (QED) is 0.852. The van der Waals surface area contributed by atoms with Crippen LogP contribution in [0.15, 0.2) is 18.2 Å². The number of carbonyl (C=O) groups is 1. The zero-order valence-electron chi connectivity index (χ0n) is 11.2. The first-order chi connectivity index (χ1) is 8.99. The Labute approximate surface area is 118 Å². The van der Waals surface area contributed by atoms with E-state index < -0.39 is 0 Å². The Kier molecular flexibility index (Phi) is 4.17. The normalized spacial score (nSPS) is 14.8. The van der Waals surface area contributed by atoms with Gasteiger partial charge in [0.1, 0.15) is 0 Å². The van der Waals surface area contributed by atoms with Gasteiger partial charge in [-0.2, -0.15) is 0 Å². The van der Waals surface area contributed by atoms with E-state index in [0.717, 1.165) is 11.1 Å². The molecule has 2 rings (SSSR count). The SMILES string of the molecule is CC(CN(C)C(=O)c1ccc2c(c1)COC2)C(N)=S. The molecule has 1 aromatic carbocycles. The monoisotopic (exact) mass is 278 g/mol. The summed E-state index contributed by atoms with van der Waals surface area (Å²) in [6.45, 7) is 3.67. The Bertz CT molecular complexity index is 516. The van der Waals surface area contributed by atoms with Gasteiger partial charge in [0.2, 0.25) is 0 Å². The molecule has 2 N–H and O–H groups in total. The van der Waals surface area contributed by atoms with Crippen LogP contribution in [0.25, 0.3) is 0 Å². The number of hydrogen-bond acceptors (Lipinski definition) is 3. The second-order valence-electron chi connectivity index (χ2n) is 4.97. The third-order valence-electron chi connectivity index (χ3n) is 3.35. The number of nitrogens with two attached hydrogens (primary N) is 1. The highest BCUT2D eigenvalue weighted by Gasteiger charge is 2.18. The number of benzene rings is 1.